The summed E-state index contributed by atoms with van der Waals surface area (Å²) >= 11 is 6.08. The number of aromatic nitrogens is 2. The molecule has 5 heteroatoms. The summed E-state index contributed by atoms with van der Waals surface area (Å²) in [6.45, 7) is 6.98. The lowest BCUT2D eigenvalue weighted by atomic mass is 10.1. The van der Waals surface area contributed by atoms with Gasteiger partial charge in [-0.05, 0) is 32.4 Å². The van der Waals surface area contributed by atoms with Crippen LogP contribution in [0.3, 0.4) is 0 Å². The first-order valence-corrected chi connectivity index (χ1v) is 6.96. The molecule has 0 saturated carbocycles. The highest BCUT2D eigenvalue weighted by molar-refractivity contribution is 6.31. The number of benzene rings is 1. The van der Waals surface area contributed by atoms with Crippen LogP contribution in [0.1, 0.15) is 34.1 Å². The largest absolute Gasteiger partial charge is 0.346 e. The van der Waals surface area contributed by atoms with Crippen molar-refractivity contribution in [2.45, 2.75) is 33.9 Å². The van der Waals surface area contributed by atoms with Gasteiger partial charge in [0.1, 0.15) is 0 Å². The van der Waals surface area contributed by atoms with Crippen molar-refractivity contribution in [3.63, 3.8) is 0 Å². The Kier molecular flexibility index (Phi) is 4.45. The van der Waals surface area contributed by atoms with Crippen molar-refractivity contribution >= 4 is 17.5 Å². The van der Waals surface area contributed by atoms with E-state index in [-0.39, 0.29) is 5.91 Å². The lowest BCUT2D eigenvalue weighted by molar-refractivity contribution is 0.0949. The Labute approximate surface area is 123 Å². The van der Waals surface area contributed by atoms with Crippen LogP contribution in [0.2, 0.25) is 5.02 Å². The van der Waals surface area contributed by atoms with Gasteiger partial charge in [0.15, 0.2) is 0 Å². The maximum Gasteiger partial charge on any atom is 0.251 e. The average Bonchev–Trinajstić information content (AvgIpc) is 2.79. The summed E-state index contributed by atoms with van der Waals surface area (Å²) in [6.07, 6.45) is 1.60. The number of amides is 1. The molecule has 0 saturated heterocycles. The molecule has 0 unspecified atom stereocenters. The van der Waals surface area contributed by atoms with Gasteiger partial charge < -0.3 is 5.32 Å². The van der Waals surface area contributed by atoms with Crippen LogP contribution in [0, 0.1) is 13.8 Å². The second-order valence-corrected chi connectivity index (χ2v) is 5.16. The van der Waals surface area contributed by atoms with E-state index in [1.165, 1.54) is 0 Å². The van der Waals surface area contributed by atoms with Crippen LogP contribution in [0.15, 0.2) is 24.4 Å². The van der Waals surface area contributed by atoms with Crippen molar-refractivity contribution in [2.24, 2.45) is 0 Å². The second kappa shape index (κ2) is 6.09. The van der Waals surface area contributed by atoms with Gasteiger partial charge in [0.05, 0.1) is 23.5 Å². The molecule has 0 aliphatic heterocycles. The Bertz CT molecular complexity index is 634. The first-order chi connectivity index (χ1) is 9.52. The second-order valence-electron chi connectivity index (χ2n) is 4.76. The number of hydrogen-bond donors (Lipinski definition) is 1. The summed E-state index contributed by atoms with van der Waals surface area (Å²) in [4.78, 5) is 12.2. The molecule has 0 fully saturated rings. The quantitative estimate of drug-likeness (QED) is 0.941. The summed E-state index contributed by atoms with van der Waals surface area (Å²) in [5.74, 6) is -0.0916. The number of halogens is 1. The Morgan fingerprint density at radius 1 is 1.40 bits per heavy atom. The Morgan fingerprint density at radius 2 is 2.15 bits per heavy atom. The molecule has 106 valence electrons. The van der Waals surface area contributed by atoms with Gasteiger partial charge in [-0.2, -0.15) is 5.10 Å². The first kappa shape index (κ1) is 14.6. The molecule has 1 aromatic heterocycles. The number of aryl methyl sites for hydroxylation is 3. The highest BCUT2D eigenvalue weighted by Gasteiger charge is 2.12. The van der Waals surface area contributed by atoms with Crippen LogP contribution in [0.5, 0.6) is 0 Å². The highest BCUT2D eigenvalue weighted by Crippen LogP contribution is 2.15. The van der Waals surface area contributed by atoms with E-state index < -0.39 is 0 Å². The maximum absolute atomic E-state index is 12.2. The van der Waals surface area contributed by atoms with Gasteiger partial charge in [0.25, 0.3) is 5.91 Å². The molecule has 0 atom stereocenters. The third-order valence-corrected chi connectivity index (χ3v) is 3.57. The topological polar surface area (TPSA) is 46.9 Å². The van der Waals surface area contributed by atoms with Crippen molar-refractivity contribution in [3.05, 3.63) is 51.8 Å². The normalized spacial score (nSPS) is 10.6. The molecule has 1 aromatic carbocycles. The zero-order valence-corrected chi connectivity index (χ0v) is 12.7. The van der Waals surface area contributed by atoms with E-state index in [4.69, 9.17) is 11.6 Å². The van der Waals surface area contributed by atoms with Gasteiger partial charge in [-0.15, -0.1) is 0 Å². The van der Waals surface area contributed by atoms with Crippen LogP contribution in [-0.2, 0) is 13.1 Å². The fraction of sp³-hybridized carbons (Fsp3) is 0.333. The van der Waals surface area contributed by atoms with E-state index in [1.54, 1.807) is 10.9 Å². The van der Waals surface area contributed by atoms with Crippen molar-refractivity contribution in [3.8, 4) is 0 Å². The zero-order chi connectivity index (χ0) is 14.7. The summed E-state index contributed by atoms with van der Waals surface area (Å²) in [5.41, 5.74) is 3.55. The molecular formula is C15H18ClN3O. The van der Waals surface area contributed by atoms with Crippen LogP contribution in [0.25, 0.3) is 0 Å². The van der Waals surface area contributed by atoms with Gasteiger partial charge in [-0.3, -0.25) is 9.48 Å². The molecular weight excluding hydrogens is 274 g/mol. The van der Waals surface area contributed by atoms with Gasteiger partial charge in [-0.1, -0.05) is 29.3 Å². The molecule has 0 aliphatic rings. The van der Waals surface area contributed by atoms with Crippen LogP contribution in [0.4, 0.5) is 0 Å². The molecule has 0 radical (unpaired) electrons. The SMILES string of the molecule is CCn1ncc(Cl)c1CNC(=O)c1cc(C)ccc1C. The van der Waals surface area contributed by atoms with E-state index in [0.717, 1.165) is 23.4 Å². The predicted molar refractivity (Wildman–Crippen MR) is 80.0 cm³/mol. The minimum absolute atomic E-state index is 0.0916. The van der Waals surface area contributed by atoms with E-state index >= 15 is 0 Å². The first-order valence-electron chi connectivity index (χ1n) is 6.58. The molecule has 0 bridgehead atoms. The van der Waals surface area contributed by atoms with Crippen molar-refractivity contribution in [1.82, 2.24) is 15.1 Å². The van der Waals surface area contributed by atoms with E-state index in [2.05, 4.69) is 10.4 Å². The smallest absolute Gasteiger partial charge is 0.251 e. The fourth-order valence-corrected chi connectivity index (χ4v) is 2.28. The molecule has 2 aromatic rings. The number of nitrogens with one attached hydrogen (secondary N) is 1. The van der Waals surface area contributed by atoms with E-state index in [1.807, 2.05) is 39.0 Å². The third kappa shape index (κ3) is 3.02. The fourth-order valence-electron chi connectivity index (χ4n) is 2.08. The summed E-state index contributed by atoms with van der Waals surface area (Å²) in [5, 5.41) is 7.63. The van der Waals surface area contributed by atoms with Crippen LogP contribution in [-0.4, -0.2) is 15.7 Å². The van der Waals surface area contributed by atoms with Gasteiger partial charge in [0.2, 0.25) is 0 Å². The maximum atomic E-state index is 12.2. The number of carbonyl (C=O) groups is 1. The minimum Gasteiger partial charge on any atom is -0.346 e. The lowest BCUT2D eigenvalue weighted by Gasteiger charge is -2.10. The van der Waals surface area contributed by atoms with Crippen molar-refractivity contribution < 1.29 is 4.79 Å². The molecule has 0 aliphatic carbocycles. The molecule has 20 heavy (non-hydrogen) atoms. The van der Waals surface area contributed by atoms with Gasteiger partial charge in [-0.25, -0.2) is 0 Å². The molecule has 1 heterocycles. The molecule has 2 rings (SSSR count). The minimum atomic E-state index is -0.0916. The average molecular weight is 292 g/mol. The predicted octanol–water partition coefficient (Wildman–Crippen LogP) is 3.10. The summed E-state index contributed by atoms with van der Waals surface area (Å²) < 4.78 is 1.78. The summed E-state index contributed by atoms with van der Waals surface area (Å²) in [6, 6.07) is 5.84. The number of rotatable bonds is 4. The number of nitrogens with zero attached hydrogens (tertiary/aromatic N) is 2. The van der Waals surface area contributed by atoms with Crippen molar-refractivity contribution in [2.75, 3.05) is 0 Å². The molecule has 0 spiro atoms. The number of hydrogen-bond acceptors (Lipinski definition) is 2. The molecule has 1 N–H and O–H groups in total. The van der Waals surface area contributed by atoms with Gasteiger partial charge >= 0.3 is 0 Å². The van der Waals surface area contributed by atoms with Crippen molar-refractivity contribution in [1.29, 1.82) is 0 Å². The Morgan fingerprint density at radius 3 is 2.85 bits per heavy atom. The zero-order valence-electron chi connectivity index (χ0n) is 11.9. The monoisotopic (exact) mass is 291 g/mol. The molecule has 1 amide bonds. The molecule has 4 nitrogen and oxygen atoms in total. The van der Waals surface area contributed by atoms with E-state index in [0.29, 0.717) is 17.1 Å². The summed E-state index contributed by atoms with van der Waals surface area (Å²) in [7, 11) is 0. The Hall–Kier alpha value is -1.81. The van der Waals surface area contributed by atoms with Gasteiger partial charge in [0, 0.05) is 12.1 Å². The van der Waals surface area contributed by atoms with E-state index in [9.17, 15) is 4.79 Å². The Balaban J connectivity index is 2.12. The van der Waals surface area contributed by atoms with Crippen LogP contribution < -0.4 is 5.32 Å². The standard InChI is InChI=1S/C15H18ClN3O/c1-4-19-14(13(16)8-18-19)9-17-15(20)12-7-10(2)5-6-11(12)3/h5-8H,4,9H2,1-3H3,(H,17,20). The highest BCUT2D eigenvalue weighted by atomic mass is 35.5. The number of carbonyl (C=O) groups excluding carboxylic acids is 1. The third-order valence-electron chi connectivity index (χ3n) is 3.25. The lowest BCUT2D eigenvalue weighted by Crippen LogP contribution is -2.25. The van der Waals surface area contributed by atoms with Crippen LogP contribution >= 0.6 is 11.6 Å².